The number of aromatic nitrogens is 4. The lowest BCUT2D eigenvalue weighted by atomic mass is 10.3. The number of halogens is 1. The third-order valence-electron chi connectivity index (χ3n) is 2.19. The van der Waals surface area contributed by atoms with Crippen molar-refractivity contribution in [1.29, 1.82) is 0 Å². The number of nitrogens with one attached hydrogen (secondary N) is 1. The number of aryl methyl sites for hydroxylation is 1. The molecule has 2 aromatic heterocycles. The Hall–Kier alpha value is -1.95. The molecule has 7 heteroatoms. The first-order chi connectivity index (χ1) is 8.16. The van der Waals surface area contributed by atoms with Crippen molar-refractivity contribution in [3.05, 3.63) is 41.2 Å². The quantitative estimate of drug-likeness (QED) is 0.876. The topological polar surface area (TPSA) is 72.7 Å². The Labute approximate surface area is 103 Å². The van der Waals surface area contributed by atoms with E-state index in [1.807, 2.05) is 17.8 Å². The molecule has 0 aliphatic rings. The highest BCUT2D eigenvalue weighted by Gasteiger charge is 2.08. The minimum Gasteiger partial charge on any atom is -0.343 e. The molecule has 1 N–H and O–H groups in total. The van der Waals surface area contributed by atoms with Gasteiger partial charge in [-0.25, -0.2) is 4.98 Å². The van der Waals surface area contributed by atoms with Crippen molar-refractivity contribution in [2.45, 2.75) is 6.54 Å². The average molecular weight is 252 g/mol. The summed E-state index contributed by atoms with van der Waals surface area (Å²) in [4.78, 5) is 15.8. The fourth-order valence-electron chi connectivity index (χ4n) is 1.25. The SMILES string of the molecule is Cn1ccnc1CNC(=O)c1ccc(Cl)nn1. The number of hydrogen-bond donors (Lipinski definition) is 1. The van der Waals surface area contributed by atoms with Crippen molar-refractivity contribution in [2.75, 3.05) is 0 Å². The number of carbonyl (C=O) groups is 1. The van der Waals surface area contributed by atoms with E-state index in [0.29, 0.717) is 6.54 Å². The van der Waals surface area contributed by atoms with Crippen LogP contribution < -0.4 is 5.32 Å². The first kappa shape index (κ1) is 11.5. The van der Waals surface area contributed by atoms with Crippen molar-refractivity contribution in [2.24, 2.45) is 7.05 Å². The molecule has 0 unspecified atom stereocenters. The largest absolute Gasteiger partial charge is 0.343 e. The van der Waals surface area contributed by atoms with Gasteiger partial charge in [0.15, 0.2) is 10.8 Å². The van der Waals surface area contributed by atoms with Gasteiger partial charge in [0.1, 0.15) is 5.82 Å². The Morgan fingerprint density at radius 2 is 2.29 bits per heavy atom. The summed E-state index contributed by atoms with van der Waals surface area (Å²) in [6.07, 6.45) is 3.48. The van der Waals surface area contributed by atoms with Crippen LogP contribution in [0.4, 0.5) is 0 Å². The van der Waals surface area contributed by atoms with Gasteiger partial charge in [-0.3, -0.25) is 4.79 Å². The summed E-state index contributed by atoms with van der Waals surface area (Å²) in [5.74, 6) is 0.456. The molecule has 2 heterocycles. The summed E-state index contributed by atoms with van der Waals surface area (Å²) in [6, 6.07) is 3.04. The second kappa shape index (κ2) is 4.92. The zero-order chi connectivity index (χ0) is 12.3. The molecule has 17 heavy (non-hydrogen) atoms. The van der Waals surface area contributed by atoms with Crippen LogP contribution in [0.15, 0.2) is 24.5 Å². The third kappa shape index (κ3) is 2.79. The maximum absolute atomic E-state index is 11.7. The van der Waals surface area contributed by atoms with E-state index in [1.165, 1.54) is 12.1 Å². The lowest BCUT2D eigenvalue weighted by Gasteiger charge is -2.04. The van der Waals surface area contributed by atoms with Crippen LogP contribution in [-0.4, -0.2) is 25.7 Å². The van der Waals surface area contributed by atoms with E-state index in [-0.39, 0.29) is 16.8 Å². The average Bonchev–Trinajstić information content (AvgIpc) is 2.73. The van der Waals surface area contributed by atoms with Gasteiger partial charge in [0.2, 0.25) is 0 Å². The molecule has 0 spiro atoms. The Balaban J connectivity index is 1.98. The van der Waals surface area contributed by atoms with Gasteiger partial charge in [0.25, 0.3) is 5.91 Å². The molecule has 0 aromatic carbocycles. The predicted octanol–water partition coefficient (Wildman–Crippen LogP) is 0.794. The lowest BCUT2D eigenvalue weighted by molar-refractivity contribution is 0.0943. The molecule has 6 nitrogen and oxygen atoms in total. The van der Waals surface area contributed by atoms with Gasteiger partial charge in [0, 0.05) is 19.4 Å². The summed E-state index contributed by atoms with van der Waals surface area (Å²) >= 11 is 5.58. The summed E-state index contributed by atoms with van der Waals surface area (Å²) < 4.78 is 1.83. The van der Waals surface area contributed by atoms with Crippen LogP contribution in [0.3, 0.4) is 0 Å². The predicted molar refractivity (Wildman–Crippen MR) is 61.4 cm³/mol. The molecular formula is C10H10ClN5O. The molecule has 88 valence electrons. The number of nitrogens with zero attached hydrogens (tertiary/aromatic N) is 4. The van der Waals surface area contributed by atoms with Crippen molar-refractivity contribution in [1.82, 2.24) is 25.1 Å². The van der Waals surface area contributed by atoms with Crippen LogP contribution >= 0.6 is 11.6 Å². The van der Waals surface area contributed by atoms with Gasteiger partial charge in [-0.15, -0.1) is 10.2 Å². The Morgan fingerprint density at radius 3 is 2.88 bits per heavy atom. The van der Waals surface area contributed by atoms with Crippen molar-refractivity contribution < 1.29 is 4.79 Å². The smallest absolute Gasteiger partial charge is 0.272 e. The number of amides is 1. The van der Waals surface area contributed by atoms with Gasteiger partial charge in [0.05, 0.1) is 6.54 Å². The van der Waals surface area contributed by atoms with Gasteiger partial charge >= 0.3 is 0 Å². The van der Waals surface area contributed by atoms with Gasteiger partial charge in [-0.05, 0) is 12.1 Å². The maximum Gasteiger partial charge on any atom is 0.272 e. The van der Waals surface area contributed by atoms with E-state index in [4.69, 9.17) is 11.6 Å². The van der Waals surface area contributed by atoms with Crippen molar-refractivity contribution >= 4 is 17.5 Å². The molecule has 0 saturated carbocycles. The molecule has 0 aliphatic heterocycles. The molecule has 0 radical (unpaired) electrons. The molecule has 0 saturated heterocycles. The number of carbonyl (C=O) groups excluding carboxylic acids is 1. The molecule has 2 rings (SSSR count). The highest BCUT2D eigenvalue weighted by atomic mass is 35.5. The van der Waals surface area contributed by atoms with Crippen LogP contribution in [0, 0.1) is 0 Å². The highest BCUT2D eigenvalue weighted by Crippen LogP contribution is 2.02. The van der Waals surface area contributed by atoms with Crippen LogP contribution in [-0.2, 0) is 13.6 Å². The van der Waals surface area contributed by atoms with Gasteiger partial charge in [-0.1, -0.05) is 11.6 Å². The standard InChI is InChI=1S/C10H10ClN5O/c1-16-5-4-12-9(16)6-13-10(17)7-2-3-8(11)15-14-7/h2-5H,6H2,1H3,(H,13,17). The molecule has 0 bridgehead atoms. The minimum atomic E-state index is -0.308. The molecule has 0 fully saturated rings. The Kier molecular flexibility index (Phi) is 3.34. The van der Waals surface area contributed by atoms with E-state index < -0.39 is 0 Å². The van der Waals surface area contributed by atoms with Crippen molar-refractivity contribution in [3.63, 3.8) is 0 Å². The Morgan fingerprint density at radius 1 is 1.47 bits per heavy atom. The molecule has 1 amide bonds. The number of hydrogen-bond acceptors (Lipinski definition) is 4. The van der Waals surface area contributed by atoms with Crippen LogP contribution in [0.5, 0.6) is 0 Å². The highest BCUT2D eigenvalue weighted by molar-refractivity contribution is 6.29. The molecule has 2 aromatic rings. The zero-order valence-corrected chi connectivity index (χ0v) is 9.85. The third-order valence-corrected chi connectivity index (χ3v) is 2.39. The first-order valence-electron chi connectivity index (χ1n) is 4.90. The Bertz CT molecular complexity index is 522. The fraction of sp³-hybridized carbons (Fsp3) is 0.200. The van der Waals surface area contributed by atoms with E-state index in [2.05, 4.69) is 20.5 Å². The van der Waals surface area contributed by atoms with E-state index in [0.717, 1.165) is 5.82 Å². The van der Waals surface area contributed by atoms with Crippen LogP contribution in [0.2, 0.25) is 5.15 Å². The molecule has 0 aliphatic carbocycles. The minimum absolute atomic E-state index is 0.226. The summed E-state index contributed by atoms with van der Waals surface area (Å²) in [7, 11) is 1.86. The monoisotopic (exact) mass is 251 g/mol. The number of imidazole rings is 1. The fourth-order valence-corrected chi connectivity index (χ4v) is 1.35. The maximum atomic E-state index is 11.7. The molecule has 0 atom stereocenters. The zero-order valence-electron chi connectivity index (χ0n) is 9.09. The number of rotatable bonds is 3. The van der Waals surface area contributed by atoms with Gasteiger partial charge in [-0.2, -0.15) is 0 Å². The lowest BCUT2D eigenvalue weighted by Crippen LogP contribution is -2.25. The van der Waals surface area contributed by atoms with Crippen LogP contribution in [0.1, 0.15) is 16.3 Å². The van der Waals surface area contributed by atoms with Crippen LogP contribution in [0.25, 0.3) is 0 Å². The first-order valence-corrected chi connectivity index (χ1v) is 5.28. The van der Waals surface area contributed by atoms with E-state index in [9.17, 15) is 4.79 Å². The normalized spacial score (nSPS) is 10.2. The van der Waals surface area contributed by atoms with Crippen molar-refractivity contribution in [3.8, 4) is 0 Å². The van der Waals surface area contributed by atoms with Gasteiger partial charge < -0.3 is 9.88 Å². The second-order valence-electron chi connectivity index (χ2n) is 3.38. The summed E-state index contributed by atoms with van der Waals surface area (Å²) in [6.45, 7) is 0.340. The summed E-state index contributed by atoms with van der Waals surface area (Å²) in [5.41, 5.74) is 0.226. The van der Waals surface area contributed by atoms with E-state index >= 15 is 0 Å². The van der Waals surface area contributed by atoms with E-state index in [1.54, 1.807) is 6.20 Å². The summed E-state index contributed by atoms with van der Waals surface area (Å²) in [5, 5.41) is 10.2. The molecular weight excluding hydrogens is 242 g/mol. The second-order valence-corrected chi connectivity index (χ2v) is 3.77.